The van der Waals surface area contributed by atoms with E-state index in [4.69, 9.17) is 11.6 Å². The predicted octanol–water partition coefficient (Wildman–Crippen LogP) is 4.39. The highest BCUT2D eigenvalue weighted by molar-refractivity contribution is 8.08. The van der Waals surface area contributed by atoms with Crippen molar-refractivity contribution in [1.29, 1.82) is 0 Å². The fraction of sp³-hybridized carbons (Fsp3) is 0.533. The fourth-order valence-corrected chi connectivity index (χ4v) is 5.24. The van der Waals surface area contributed by atoms with Crippen molar-refractivity contribution < 1.29 is 4.79 Å². The van der Waals surface area contributed by atoms with Gasteiger partial charge in [-0.05, 0) is 24.1 Å². The Morgan fingerprint density at radius 3 is 2.74 bits per heavy atom. The van der Waals surface area contributed by atoms with Crippen LogP contribution in [0, 0.1) is 6.92 Å². The minimum Gasteiger partial charge on any atom is -0.298 e. The van der Waals surface area contributed by atoms with Crippen molar-refractivity contribution in [2.45, 2.75) is 42.9 Å². The summed E-state index contributed by atoms with van der Waals surface area (Å²) in [6, 6.07) is 5.92. The van der Waals surface area contributed by atoms with Crippen LogP contribution in [0.1, 0.15) is 25.0 Å². The van der Waals surface area contributed by atoms with Gasteiger partial charge in [0.25, 0.3) is 0 Å². The Morgan fingerprint density at radius 1 is 1.37 bits per heavy atom. The molecule has 1 aromatic carbocycles. The van der Waals surface area contributed by atoms with Gasteiger partial charge in [-0.15, -0.1) is 11.8 Å². The van der Waals surface area contributed by atoms with Gasteiger partial charge in [0.05, 0.1) is 5.25 Å². The molecule has 0 amide bonds. The van der Waals surface area contributed by atoms with Crippen molar-refractivity contribution in [2.24, 2.45) is 0 Å². The average Bonchev–Trinajstić information content (AvgIpc) is 2.36. The molecule has 0 saturated carbocycles. The van der Waals surface area contributed by atoms with Crippen LogP contribution in [0.4, 0.5) is 0 Å². The maximum Gasteiger partial charge on any atom is 0.151 e. The fourth-order valence-electron chi connectivity index (χ4n) is 2.05. The smallest absolute Gasteiger partial charge is 0.151 e. The standard InChI is InChI=1S/C15H19ClOS2/c1-9-4-5-12(13(16)6-9)7-14(17)15-8-18-10(2)11(3)19-15/h4-6,10-11,15H,7-8H2,1-3H3. The number of carbonyl (C=O) groups is 1. The molecule has 4 heteroatoms. The molecule has 1 aliphatic rings. The lowest BCUT2D eigenvalue weighted by Gasteiger charge is -2.30. The minimum absolute atomic E-state index is 0.119. The SMILES string of the molecule is Cc1ccc(CC(=O)C2CSC(C)C(C)S2)c(Cl)c1. The first-order valence-corrected chi connectivity index (χ1v) is 8.89. The summed E-state index contributed by atoms with van der Waals surface area (Å²) < 4.78 is 0. The van der Waals surface area contributed by atoms with E-state index in [1.165, 1.54) is 0 Å². The van der Waals surface area contributed by atoms with Crippen LogP contribution in [0.5, 0.6) is 0 Å². The third-order valence-corrected chi connectivity index (χ3v) is 7.27. The molecule has 0 spiro atoms. The summed E-state index contributed by atoms with van der Waals surface area (Å²) in [6.07, 6.45) is 0.457. The van der Waals surface area contributed by atoms with Crippen LogP contribution in [-0.2, 0) is 11.2 Å². The number of benzene rings is 1. The third kappa shape index (κ3) is 3.93. The number of ketones is 1. The first-order valence-electron chi connectivity index (χ1n) is 6.52. The van der Waals surface area contributed by atoms with Crippen LogP contribution < -0.4 is 0 Å². The quantitative estimate of drug-likeness (QED) is 0.824. The second kappa shape index (κ2) is 6.55. The number of aryl methyl sites for hydroxylation is 1. The molecule has 0 aromatic heterocycles. The van der Waals surface area contributed by atoms with E-state index in [0.29, 0.717) is 27.7 Å². The Morgan fingerprint density at radius 2 is 2.11 bits per heavy atom. The molecule has 3 unspecified atom stereocenters. The van der Waals surface area contributed by atoms with Gasteiger partial charge < -0.3 is 0 Å². The molecule has 1 fully saturated rings. The lowest BCUT2D eigenvalue weighted by atomic mass is 10.1. The van der Waals surface area contributed by atoms with Crippen molar-refractivity contribution in [3.05, 3.63) is 34.3 Å². The molecular formula is C15H19ClOS2. The zero-order valence-corrected chi connectivity index (χ0v) is 13.9. The van der Waals surface area contributed by atoms with Crippen LogP contribution in [-0.4, -0.2) is 27.3 Å². The lowest BCUT2D eigenvalue weighted by Crippen LogP contribution is -2.32. The molecule has 0 aliphatic carbocycles. The van der Waals surface area contributed by atoms with Crippen LogP contribution in [0.25, 0.3) is 0 Å². The Labute approximate surface area is 128 Å². The number of thioether (sulfide) groups is 2. The number of hydrogen-bond donors (Lipinski definition) is 0. The molecule has 0 bridgehead atoms. The number of rotatable bonds is 3. The number of hydrogen-bond acceptors (Lipinski definition) is 3. The van der Waals surface area contributed by atoms with E-state index < -0.39 is 0 Å². The zero-order valence-electron chi connectivity index (χ0n) is 11.5. The normalized spacial score (nSPS) is 27.3. The van der Waals surface area contributed by atoms with Crippen molar-refractivity contribution >= 4 is 40.9 Å². The van der Waals surface area contributed by atoms with E-state index in [2.05, 4.69) is 13.8 Å². The largest absolute Gasteiger partial charge is 0.298 e. The summed E-state index contributed by atoms with van der Waals surface area (Å²) in [5.74, 6) is 1.24. The Balaban J connectivity index is 2.01. The van der Waals surface area contributed by atoms with Gasteiger partial charge in [0.2, 0.25) is 0 Å². The molecule has 0 N–H and O–H groups in total. The summed E-state index contributed by atoms with van der Waals surface area (Å²) in [6.45, 7) is 6.45. The van der Waals surface area contributed by atoms with Crippen LogP contribution in [0.15, 0.2) is 18.2 Å². The van der Waals surface area contributed by atoms with E-state index in [1.54, 1.807) is 0 Å². The zero-order chi connectivity index (χ0) is 14.0. The van der Waals surface area contributed by atoms with Gasteiger partial charge >= 0.3 is 0 Å². The van der Waals surface area contributed by atoms with Gasteiger partial charge in [-0.25, -0.2) is 0 Å². The van der Waals surface area contributed by atoms with Crippen LogP contribution >= 0.6 is 35.1 Å². The molecule has 1 saturated heterocycles. The molecule has 1 heterocycles. The molecule has 3 atom stereocenters. The van der Waals surface area contributed by atoms with Gasteiger partial charge in [-0.3, -0.25) is 4.79 Å². The molecule has 1 nitrogen and oxygen atoms in total. The maximum atomic E-state index is 12.4. The number of Topliss-reactive ketones (excluding diaryl/α,β-unsaturated/α-hetero) is 1. The van der Waals surface area contributed by atoms with Gasteiger partial charge in [-0.2, -0.15) is 11.8 Å². The maximum absolute atomic E-state index is 12.4. The van der Waals surface area contributed by atoms with Crippen molar-refractivity contribution in [1.82, 2.24) is 0 Å². The molecular weight excluding hydrogens is 296 g/mol. The van der Waals surface area contributed by atoms with Crippen molar-refractivity contribution in [2.75, 3.05) is 5.75 Å². The highest BCUT2D eigenvalue weighted by Crippen LogP contribution is 2.36. The molecule has 104 valence electrons. The highest BCUT2D eigenvalue weighted by atomic mass is 35.5. The Kier molecular flexibility index (Phi) is 5.27. The first kappa shape index (κ1) is 15.3. The van der Waals surface area contributed by atoms with E-state index >= 15 is 0 Å². The first-order chi connectivity index (χ1) is 8.97. The van der Waals surface area contributed by atoms with E-state index in [1.807, 2.05) is 48.6 Å². The number of halogens is 1. The van der Waals surface area contributed by atoms with Gasteiger partial charge in [0, 0.05) is 27.7 Å². The summed E-state index contributed by atoms with van der Waals surface area (Å²) in [4.78, 5) is 12.4. The third-order valence-electron chi connectivity index (χ3n) is 3.48. The van der Waals surface area contributed by atoms with E-state index in [-0.39, 0.29) is 5.25 Å². The summed E-state index contributed by atoms with van der Waals surface area (Å²) in [7, 11) is 0. The van der Waals surface area contributed by atoms with Crippen molar-refractivity contribution in [3.63, 3.8) is 0 Å². The molecule has 2 rings (SSSR count). The summed E-state index contributed by atoms with van der Waals surface area (Å²) in [5.41, 5.74) is 2.08. The summed E-state index contributed by atoms with van der Waals surface area (Å²) in [5, 5.41) is 2.01. The monoisotopic (exact) mass is 314 g/mol. The Hall–Kier alpha value is -0.120. The van der Waals surface area contributed by atoms with Crippen LogP contribution in [0.3, 0.4) is 0 Å². The molecule has 0 radical (unpaired) electrons. The second-order valence-corrected chi connectivity index (χ2v) is 8.51. The summed E-state index contributed by atoms with van der Waals surface area (Å²) >= 11 is 9.92. The second-order valence-electron chi connectivity index (χ2n) is 5.11. The highest BCUT2D eigenvalue weighted by Gasteiger charge is 2.30. The molecule has 1 aliphatic heterocycles. The average molecular weight is 315 g/mol. The minimum atomic E-state index is 0.119. The Bertz CT molecular complexity index is 475. The molecule has 19 heavy (non-hydrogen) atoms. The van der Waals surface area contributed by atoms with E-state index in [0.717, 1.165) is 16.9 Å². The molecule has 1 aromatic rings. The van der Waals surface area contributed by atoms with Gasteiger partial charge in [0.1, 0.15) is 0 Å². The van der Waals surface area contributed by atoms with E-state index in [9.17, 15) is 4.79 Å². The van der Waals surface area contributed by atoms with Crippen LogP contribution in [0.2, 0.25) is 5.02 Å². The van der Waals surface area contributed by atoms with Gasteiger partial charge in [0.15, 0.2) is 5.78 Å². The lowest BCUT2D eigenvalue weighted by molar-refractivity contribution is -0.117. The topological polar surface area (TPSA) is 17.1 Å². The predicted molar refractivity (Wildman–Crippen MR) is 87.7 cm³/mol. The number of carbonyl (C=O) groups excluding carboxylic acids is 1. The van der Waals surface area contributed by atoms with Gasteiger partial charge in [-0.1, -0.05) is 37.6 Å². The van der Waals surface area contributed by atoms with Crippen molar-refractivity contribution in [3.8, 4) is 0 Å².